The first kappa shape index (κ1) is 27.2. The molecule has 7 aromatic rings. The number of rotatable bonds is 6. The average Bonchev–Trinajstić information content (AvgIpc) is 3.72. The highest BCUT2D eigenvalue weighted by atomic mass is 32.2. The van der Waals surface area contributed by atoms with Gasteiger partial charge in [0.2, 0.25) is 17.8 Å². The van der Waals surface area contributed by atoms with Crippen molar-refractivity contribution in [2.75, 3.05) is 18.8 Å². The summed E-state index contributed by atoms with van der Waals surface area (Å²) >= 11 is 5.30. The normalized spacial score (nSPS) is 11.9. The Morgan fingerprint density at radius 2 is 0.690 bits per heavy atom. The summed E-state index contributed by atoms with van der Waals surface area (Å²) in [5.41, 5.74) is 3.80. The second kappa shape index (κ2) is 10.6. The van der Waals surface area contributed by atoms with E-state index < -0.39 is 0 Å². The van der Waals surface area contributed by atoms with Crippen molar-refractivity contribution in [1.82, 2.24) is 28.7 Å². The van der Waals surface area contributed by atoms with Crippen LogP contribution < -0.4 is 0 Å². The van der Waals surface area contributed by atoms with Crippen LogP contribution in [0.15, 0.2) is 88.3 Å². The lowest BCUT2D eigenvalue weighted by molar-refractivity contribution is 0.805. The molecule has 0 aliphatic rings. The second-order valence-electron chi connectivity index (χ2n) is 10.6. The van der Waals surface area contributed by atoms with E-state index in [0.717, 1.165) is 32.3 Å². The number of thioether (sulfide) groups is 3. The standard InChI is InChI=1S/C33H30N6S3/c1-19-7-22-13-37(14-23(22)8-20(19)2)31-34-32(38-15-24-9-21(3)28(40-4)10-25(24)16-38)36-33(35-31)39-17-26-11-29(41-5)30(42-6)12-27(26)18-39/h7-18H,1-6H3. The number of hydrogen-bond donors (Lipinski definition) is 0. The summed E-state index contributed by atoms with van der Waals surface area (Å²) in [5.74, 6) is 1.73. The molecule has 0 saturated heterocycles. The van der Waals surface area contributed by atoms with E-state index in [1.54, 1.807) is 35.3 Å². The van der Waals surface area contributed by atoms with Crippen LogP contribution in [-0.2, 0) is 0 Å². The van der Waals surface area contributed by atoms with Gasteiger partial charge in [-0.25, -0.2) is 0 Å². The number of aryl methyl sites for hydroxylation is 3. The molecule has 0 aliphatic carbocycles. The molecule has 4 heterocycles. The summed E-state index contributed by atoms with van der Waals surface area (Å²) in [6.07, 6.45) is 19.0. The van der Waals surface area contributed by atoms with Crippen molar-refractivity contribution in [3.05, 3.63) is 90.3 Å². The number of benzene rings is 3. The minimum Gasteiger partial charge on any atom is -0.291 e. The summed E-state index contributed by atoms with van der Waals surface area (Å²) in [4.78, 5) is 18.8. The summed E-state index contributed by atoms with van der Waals surface area (Å²) in [5, 5.41) is 6.96. The predicted octanol–water partition coefficient (Wildman–Crippen LogP) is 8.79. The van der Waals surface area contributed by atoms with Crippen molar-refractivity contribution in [2.24, 2.45) is 0 Å². The van der Waals surface area contributed by atoms with E-state index >= 15 is 0 Å². The van der Waals surface area contributed by atoms with Gasteiger partial charge in [-0.15, -0.1) is 35.3 Å². The monoisotopic (exact) mass is 606 g/mol. The van der Waals surface area contributed by atoms with Gasteiger partial charge in [0.25, 0.3) is 0 Å². The van der Waals surface area contributed by atoms with Gasteiger partial charge < -0.3 is 0 Å². The third-order valence-corrected chi connectivity index (χ3v) is 10.4. The van der Waals surface area contributed by atoms with Crippen LogP contribution >= 0.6 is 35.3 Å². The molecule has 0 bridgehead atoms. The zero-order chi connectivity index (χ0) is 29.1. The van der Waals surface area contributed by atoms with Crippen LogP contribution in [0.4, 0.5) is 0 Å². The van der Waals surface area contributed by atoms with Gasteiger partial charge >= 0.3 is 0 Å². The first-order chi connectivity index (χ1) is 20.3. The Balaban J connectivity index is 1.43. The van der Waals surface area contributed by atoms with E-state index in [9.17, 15) is 0 Å². The first-order valence-electron chi connectivity index (χ1n) is 13.6. The van der Waals surface area contributed by atoms with Crippen molar-refractivity contribution in [1.29, 1.82) is 0 Å². The Morgan fingerprint density at radius 1 is 0.405 bits per heavy atom. The predicted molar refractivity (Wildman–Crippen MR) is 180 cm³/mol. The Labute approximate surface area is 257 Å². The zero-order valence-corrected chi connectivity index (χ0v) is 26.8. The van der Waals surface area contributed by atoms with Crippen LogP contribution in [0.2, 0.25) is 0 Å². The van der Waals surface area contributed by atoms with E-state index in [4.69, 9.17) is 15.0 Å². The van der Waals surface area contributed by atoms with Gasteiger partial charge in [0.05, 0.1) is 0 Å². The molecule has 210 valence electrons. The molecule has 4 aromatic heterocycles. The van der Waals surface area contributed by atoms with E-state index in [2.05, 4.69) is 113 Å². The SMILES string of the molecule is CSc1cc2cn(-c3nc(-n4cc5cc(C)c(C)cc5c4)nc(-n4cc5cc(SC)c(SC)cc5c4)n3)cc2cc1C. The molecule has 9 heteroatoms. The molecule has 6 nitrogen and oxygen atoms in total. The Hall–Kier alpha value is -3.66. The Bertz CT molecular complexity index is 2070. The van der Waals surface area contributed by atoms with Gasteiger partial charge in [-0.05, 0) is 92.6 Å². The zero-order valence-electron chi connectivity index (χ0n) is 24.3. The number of hydrogen-bond acceptors (Lipinski definition) is 6. The molecule has 0 radical (unpaired) electrons. The van der Waals surface area contributed by atoms with Gasteiger partial charge in [-0.1, -0.05) is 0 Å². The third kappa shape index (κ3) is 4.69. The lowest BCUT2D eigenvalue weighted by Crippen LogP contribution is -2.11. The summed E-state index contributed by atoms with van der Waals surface area (Å²) in [6.45, 7) is 6.45. The van der Waals surface area contributed by atoms with Gasteiger partial charge in [0, 0.05) is 84.2 Å². The maximum absolute atomic E-state index is 5.00. The number of fused-ring (bicyclic) bond motifs is 3. The summed E-state index contributed by atoms with van der Waals surface area (Å²) in [6, 6.07) is 13.4. The highest BCUT2D eigenvalue weighted by Gasteiger charge is 2.15. The van der Waals surface area contributed by atoms with Gasteiger partial charge in [-0.3, -0.25) is 13.7 Å². The molecule has 42 heavy (non-hydrogen) atoms. The topological polar surface area (TPSA) is 53.5 Å². The van der Waals surface area contributed by atoms with Gasteiger partial charge in [0.15, 0.2) is 0 Å². The van der Waals surface area contributed by atoms with Crippen LogP contribution in [-0.4, -0.2) is 47.4 Å². The van der Waals surface area contributed by atoms with Crippen LogP contribution in [0.3, 0.4) is 0 Å². The molecule has 0 atom stereocenters. The summed E-state index contributed by atoms with van der Waals surface area (Å²) in [7, 11) is 0. The fourth-order valence-corrected chi connectivity index (χ4v) is 7.57. The van der Waals surface area contributed by atoms with Crippen molar-refractivity contribution < 1.29 is 0 Å². The molecule has 0 saturated carbocycles. The van der Waals surface area contributed by atoms with E-state index in [1.807, 2.05) is 13.7 Å². The van der Waals surface area contributed by atoms with Gasteiger partial charge in [-0.2, -0.15) is 15.0 Å². The minimum absolute atomic E-state index is 0.575. The van der Waals surface area contributed by atoms with E-state index in [-0.39, 0.29) is 0 Å². The lowest BCUT2D eigenvalue weighted by atomic mass is 10.1. The molecule has 0 N–H and O–H groups in total. The first-order valence-corrected chi connectivity index (χ1v) is 17.3. The smallest absolute Gasteiger partial charge is 0.240 e. The molecule has 0 aliphatic heterocycles. The summed E-state index contributed by atoms with van der Waals surface area (Å²) < 4.78 is 6.05. The largest absolute Gasteiger partial charge is 0.291 e. The van der Waals surface area contributed by atoms with Crippen LogP contribution in [0.5, 0.6) is 0 Å². The number of aromatic nitrogens is 6. The molecular weight excluding hydrogens is 577 g/mol. The molecule has 3 aromatic carbocycles. The third-order valence-electron chi connectivity index (χ3n) is 7.85. The molecule has 0 spiro atoms. The molecular formula is C33H30N6S3. The molecule has 0 amide bonds. The van der Waals surface area contributed by atoms with E-state index in [0.29, 0.717) is 17.8 Å². The minimum atomic E-state index is 0.575. The molecule has 0 unspecified atom stereocenters. The van der Waals surface area contributed by atoms with Crippen LogP contribution in [0.25, 0.3) is 50.2 Å². The van der Waals surface area contributed by atoms with Crippen molar-refractivity contribution >= 4 is 67.6 Å². The highest BCUT2D eigenvalue weighted by molar-refractivity contribution is 8.01. The maximum Gasteiger partial charge on any atom is 0.240 e. The fourth-order valence-electron chi connectivity index (χ4n) is 5.44. The molecule has 0 fully saturated rings. The second-order valence-corrected chi connectivity index (χ2v) is 13.1. The van der Waals surface area contributed by atoms with E-state index in [1.165, 1.54) is 31.4 Å². The average molecular weight is 607 g/mol. The van der Waals surface area contributed by atoms with Crippen LogP contribution in [0, 0.1) is 20.8 Å². The van der Waals surface area contributed by atoms with Crippen molar-refractivity contribution in [2.45, 2.75) is 35.5 Å². The Kier molecular flexibility index (Phi) is 6.84. The van der Waals surface area contributed by atoms with Crippen LogP contribution in [0.1, 0.15) is 16.7 Å². The number of nitrogens with zero attached hydrogens (tertiary/aromatic N) is 6. The lowest BCUT2D eigenvalue weighted by Gasteiger charge is -2.09. The maximum atomic E-state index is 5.00. The van der Waals surface area contributed by atoms with Crippen molar-refractivity contribution in [3.8, 4) is 17.8 Å². The Morgan fingerprint density at radius 3 is 1.02 bits per heavy atom. The highest BCUT2D eigenvalue weighted by Crippen LogP contribution is 2.34. The fraction of sp³-hybridized carbons (Fsp3) is 0.182. The van der Waals surface area contributed by atoms with Gasteiger partial charge in [0.1, 0.15) is 0 Å². The van der Waals surface area contributed by atoms with Crippen molar-refractivity contribution in [3.63, 3.8) is 0 Å². The molecule has 7 rings (SSSR count). The quantitative estimate of drug-likeness (QED) is 0.176.